The molecular weight excluding hydrogens is 168 g/mol. The number of nitrogens with two attached hydrogens (primary N) is 1. The number of hydrogen-bond donors (Lipinski definition) is 2. The molecule has 4 heteroatoms. The summed E-state index contributed by atoms with van der Waals surface area (Å²) in [6, 6.07) is 0.187. The van der Waals surface area contributed by atoms with E-state index in [-0.39, 0.29) is 18.6 Å². The zero-order valence-corrected chi connectivity index (χ0v) is 8.51. The van der Waals surface area contributed by atoms with E-state index in [0.29, 0.717) is 13.2 Å². The Bertz CT molecular complexity index is 140. The fraction of sp³-hybridized carbons (Fsp3) is 0.889. The highest BCUT2D eigenvalue weighted by Gasteiger charge is 2.01. The van der Waals surface area contributed by atoms with Crippen LogP contribution in [0.15, 0.2) is 0 Å². The lowest BCUT2D eigenvalue weighted by Crippen LogP contribution is -2.32. The second-order valence-corrected chi connectivity index (χ2v) is 2.94. The lowest BCUT2D eigenvalue weighted by atomic mass is 10.2. The highest BCUT2D eigenvalue weighted by molar-refractivity contribution is 5.77. The molecule has 0 aliphatic heterocycles. The summed E-state index contributed by atoms with van der Waals surface area (Å²) in [5.74, 6) is -0.0647. The van der Waals surface area contributed by atoms with Gasteiger partial charge in [0.25, 0.3) is 0 Å². The van der Waals surface area contributed by atoms with E-state index in [0.717, 1.165) is 12.8 Å². The number of nitrogens with one attached hydrogen (secondary N) is 1. The van der Waals surface area contributed by atoms with E-state index in [1.807, 2.05) is 13.8 Å². The van der Waals surface area contributed by atoms with Crippen LogP contribution in [0.25, 0.3) is 0 Å². The monoisotopic (exact) mass is 188 g/mol. The summed E-state index contributed by atoms with van der Waals surface area (Å²) in [5, 5.41) is 2.74. The predicted molar refractivity (Wildman–Crippen MR) is 52.4 cm³/mol. The Balaban J connectivity index is 3.26. The van der Waals surface area contributed by atoms with Crippen LogP contribution in [0.5, 0.6) is 0 Å². The van der Waals surface area contributed by atoms with Crippen molar-refractivity contribution in [2.45, 2.75) is 32.7 Å². The molecule has 0 heterocycles. The largest absolute Gasteiger partial charge is 0.372 e. The van der Waals surface area contributed by atoms with Crippen molar-refractivity contribution in [3.63, 3.8) is 0 Å². The maximum atomic E-state index is 11.0. The van der Waals surface area contributed by atoms with Crippen LogP contribution < -0.4 is 11.1 Å². The molecule has 0 aromatic heterocycles. The summed E-state index contributed by atoms with van der Waals surface area (Å²) in [6.07, 6.45) is 1.77. The van der Waals surface area contributed by atoms with Gasteiger partial charge in [-0.3, -0.25) is 4.79 Å². The molecule has 0 aliphatic carbocycles. The number of carbonyl (C=O) groups is 1. The van der Waals surface area contributed by atoms with Gasteiger partial charge in [0, 0.05) is 19.2 Å². The molecule has 4 nitrogen and oxygen atoms in total. The first-order chi connectivity index (χ1) is 6.20. The number of hydrogen-bond acceptors (Lipinski definition) is 3. The summed E-state index contributed by atoms with van der Waals surface area (Å²) in [6.45, 7) is 5.26. The SMILES string of the molecule is CCOCC(=O)NCCC(N)CC. The van der Waals surface area contributed by atoms with Crippen LogP contribution in [0.1, 0.15) is 26.7 Å². The summed E-state index contributed by atoms with van der Waals surface area (Å²) in [7, 11) is 0. The normalized spacial score (nSPS) is 12.5. The zero-order valence-electron chi connectivity index (χ0n) is 8.51. The van der Waals surface area contributed by atoms with Gasteiger partial charge >= 0.3 is 0 Å². The van der Waals surface area contributed by atoms with Gasteiger partial charge in [-0.25, -0.2) is 0 Å². The minimum Gasteiger partial charge on any atom is -0.372 e. The third-order valence-corrected chi connectivity index (χ3v) is 1.80. The smallest absolute Gasteiger partial charge is 0.245 e. The predicted octanol–water partition coefficient (Wildman–Crippen LogP) is 0.267. The van der Waals surface area contributed by atoms with E-state index in [1.165, 1.54) is 0 Å². The van der Waals surface area contributed by atoms with Crippen LogP contribution in [-0.2, 0) is 9.53 Å². The molecule has 1 amide bonds. The van der Waals surface area contributed by atoms with Crippen LogP contribution in [-0.4, -0.2) is 31.7 Å². The number of amides is 1. The molecule has 0 aliphatic rings. The molecule has 13 heavy (non-hydrogen) atoms. The molecule has 0 bridgehead atoms. The van der Waals surface area contributed by atoms with Crippen LogP contribution in [0.4, 0.5) is 0 Å². The van der Waals surface area contributed by atoms with E-state index < -0.39 is 0 Å². The van der Waals surface area contributed by atoms with Gasteiger partial charge in [0.05, 0.1) is 0 Å². The Hall–Kier alpha value is -0.610. The number of carbonyl (C=O) groups excluding carboxylic acids is 1. The average molecular weight is 188 g/mol. The van der Waals surface area contributed by atoms with E-state index in [1.54, 1.807) is 0 Å². The van der Waals surface area contributed by atoms with Gasteiger partial charge in [0.2, 0.25) is 5.91 Å². The fourth-order valence-electron chi connectivity index (χ4n) is 0.847. The maximum Gasteiger partial charge on any atom is 0.245 e. The first-order valence-electron chi connectivity index (χ1n) is 4.80. The first-order valence-corrected chi connectivity index (χ1v) is 4.80. The van der Waals surface area contributed by atoms with Crippen molar-refractivity contribution in [3.8, 4) is 0 Å². The summed E-state index contributed by atoms with van der Waals surface area (Å²) in [4.78, 5) is 11.0. The third kappa shape index (κ3) is 7.74. The van der Waals surface area contributed by atoms with Gasteiger partial charge in [-0.1, -0.05) is 6.92 Å². The highest BCUT2D eigenvalue weighted by Crippen LogP contribution is 1.90. The molecule has 0 fully saturated rings. The molecule has 0 aromatic rings. The van der Waals surface area contributed by atoms with Crippen LogP contribution >= 0.6 is 0 Å². The van der Waals surface area contributed by atoms with Gasteiger partial charge < -0.3 is 15.8 Å². The Morgan fingerprint density at radius 3 is 2.77 bits per heavy atom. The van der Waals surface area contributed by atoms with Crippen molar-refractivity contribution in [1.29, 1.82) is 0 Å². The molecule has 1 atom stereocenters. The zero-order chi connectivity index (χ0) is 10.1. The Labute approximate surface area is 79.8 Å². The van der Waals surface area contributed by atoms with Crippen LogP contribution in [0, 0.1) is 0 Å². The second-order valence-electron chi connectivity index (χ2n) is 2.94. The van der Waals surface area contributed by atoms with Crippen molar-refractivity contribution in [3.05, 3.63) is 0 Å². The molecule has 0 saturated heterocycles. The average Bonchev–Trinajstić information content (AvgIpc) is 2.14. The molecular formula is C9H20N2O2. The topological polar surface area (TPSA) is 64.3 Å². The second kappa shape index (κ2) is 8.01. The molecule has 0 aromatic carbocycles. The minimum absolute atomic E-state index is 0.0647. The molecule has 1 unspecified atom stereocenters. The Morgan fingerprint density at radius 2 is 2.23 bits per heavy atom. The minimum atomic E-state index is -0.0647. The summed E-state index contributed by atoms with van der Waals surface area (Å²) >= 11 is 0. The third-order valence-electron chi connectivity index (χ3n) is 1.80. The van der Waals surface area contributed by atoms with Crippen LogP contribution in [0.3, 0.4) is 0 Å². The molecule has 3 N–H and O–H groups in total. The van der Waals surface area contributed by atoms with Crippen molar-refractivity contribution < 1.29 is 9.53 Å². The van der Waals surface area contributed by atoms with Gasteiger partial charge in [-0.2, -0.15) is 0 Å². The Morgan fingerprint density at radius 1 is 1.54 bits per heavy atom. The van der Waals surface area contributed by atoms with Crippen LogP contribution in [0.2, 0.25) is 0 Å². The quantitative estimate of drug-likeness (QED) is 0.602. The molecule has 0 rings (SSSR count). The lowest BCUT2D eigenvalue weighted by molar-refractivity contribution is -0.125. The maximum absolute atomic E-state index is 11.0. The molecule has 78 valence electrons. The Kier molecular flexibility index (Phi) is 7.63. The van der Waals surface area contributed by atoms with Crippen molar-refractivity contribution in [2.75, 3.05) is 19.8 Å². The standard InChI is InChI=1S/C9H20N2O2/c1-3-8(10)5-6-11-9(12)7-13-4-2/h8H,3-7,10H2,1-2H3,(H,11,12). The fourth-order valence-corrected chi connectivity index (χ4v) is 0.847. The van der Waals surface area contributed by atoms with E-state index >= 15 is 0 Å². The van der Waals surface area contributed by atoms with Crippen molar-refractivity contribution in [1.82, 2.24) is 5.32 Å². The van der Waals surface area contributed by atoms with Gasteiger partial charge in [-0.05, 0) is 19.8 Å². The molecule has 0 radical (unpaired) electrons. The summed E-state index contributed by atoms with van der Waals surface area (Å²) in [5.41, 5.74) is 5.68. The summed E-state index contributed by atoms with van der Waals surface area (Å²) < 4.78 is 4.94. The van der Waals surface area contributed by atoms with Gasteiger partial charge in [-0.15, -0.1) is 0 Å². The first kappa shape index (κ1) is 12.4. The number of rotatable bonds is 7. The lowest BCUT2D eigenvalue weighted by Gasteiger charge is -2.09. The van der Waals surface area contributed by atoms with E-state index in [2.05, 4.69) is 5.32 Å². The highest BCUT2D eigenvalue weighted by atomic mass is 16.5. The van der Waals surface area contributed by atoms with Crippen molar-refractivity contribution in [2.24, 2.45) is 5.73 Å². The van der Waals surface area contributed by atoms with Gasteiger partial charge in [0.15, 0.2) is 0 Å². The van der Waals surface area contributed by atoms with Gasteiger partial charge in [0.1, 0.15) is 6.61 Å². The molecule has 0 spiro atoms. The molecule has 0 saturated carbocycles. The van der Waals surface area contributed by atoms with Crippen molar-refractivity contribution >= 4 is 5.91 Å². The van der Waals surface area contributed by atoms with E-state index in [9.17, 15) is 4.79 Å². The van der Waals surface area contributed by atoms with E-state index in [4.69, 9.17) is 10.5 Å². The number of ether oxygens (including phenoxy) is 1.